The highest BCUT2D eigenvalue weighted by atomic mass is 16.4. The third kappa shape index (κ3) is 4.13. The maximum atomic E-state index is 10.8. The molecule has 5 heteroatoms. The molecule has 0 saturated carbocycles. The summed E-state index contributed by atoms with van der Waals surface area (Å²) in [6, 6.07) is 14.9. The third-order valence-corrected chi connectivity index (χ3v) is 4.15. The molecule has 2 aromatic rings. The third-order valence-electron chi connectivity index (χ3n) is 4.15. The lowest BCUT2D eigenvalue weighted by molar-refractivity contribution is 0.0697. The van der Waals surface area contributed by atoms with E-state index in [0.29, 0.717) is 0 Å². The number of carbonyl (C=O) groups is 1. The number of aromatic carboxylic acids is 1. The van der Waals surface area contributed by atoms with Gasteiger partial charge in [-0.15, -0.1) is 0 Å². The Bertz CT molecular complexity index is 702. The first-order valence-corrected chi connectivity index (χ1v) is 8.20. The molecule has 24 heavy (non-hydrogen) atoms. The Hall–Kier alpha value is -2.82. The predicted molar refractivity (Wildman–Crippen MR) is 97.1 cm³/mol. The van der Waals surface area contributed by atoms with E-state index in [2.05, 4.69) is 39.7 Å². The number of hydrazone groups is 1. The first-order valence-electron chi connectivity index (χ1n) is 8.20. The van der Waals surface area contributed by atoms with Gasteiger partial charge in [0.05, 0.1) is 17.5 Å². The van der Waals surface area contributed by atoms with E-state index >= 15 is 0 Å². The molecule has 124 valence electrons. The Morgan fingerprint density at radius 3 is 2.29 bits per heavy atom. The van der Waals surface area contributed by atoms with Crippen LogP contribution in [0, 0.1) is 0 Å². The van der Waals surface area contributed by atoms with Gasteiger partial charge in [0.2, 0.25) is 0 Å². The van der Waals surface area contributed by atoms with Gasteiger partial charge < -0.3 is 10.0 Å². The fourth-order valence-corrected chi connectivity index (χ4v) is 2.79. The van der Waals surface area contributed by atoms with Gasteiger partial charge in [-0.1, -0.05) is 12.1 Å². The average Bonchev–Trinajstić information content (AvgIpc) is 2.63. The lowest BCUT2D eigenvalue weighted by Gasteiger charge is -2.28. The summed E-state index contributed by atoms with van der Waals surface area (Å²) in [7, 11) is 0. The summed E-state index contributed by atoms with van der Waals surface area (Å²) in [5.74, 6) is -0.932. The van der Waals surface area contributed by atoms with E-state index in [1.54, 1.807) is 30.5 Å². The number of piperidine rings is 1. The van der Waals surface area contributed by atoms with Crippen molar-refractivity contribution in [2.24, 2.45) is 5.10 Å². The molecule has 1 saturated heterocycles. The van der Waals surface area contributed by atoms with E-state index in [0.717, 1.165) is 24.3 Å². The molecule has 2 aromatic carbocycles. The first-order chi connectivity index (χ1) is 11.7. The molecule has 0 amide bonds. The SMILES string of the molecule is O=C(O)c1ccc(NN=Cc2ccc(N3CCCCC3)cc2)cc1. The van der Waals surface area contributed by atoms with Crippen LogP contribution in [0.1, 0.15) is 35.2 Å². The van der Waals surface area contributed by atoms with Crippen LogP contribution in [-0.4, -0.2) is 30.4 Å². The maximum Gasteiger partial charge on any atom is 0.335 e. The van der Waals surface area contributed by atoms with Crippen molar-refractivity contribution < 1.29 is 9.90 Å². The van der Waals surface area contributed by atoms with E-state index in [1.165, 1.54) is 24.9 Å². The van der Waals surface area contributed by atoms with E-state index in [4.69, 9.17) is 5.11 Å². The summed E-state index contributed by atoms with van der Waals surface area (Å²) in [4.78, 5) is 13.2. The van der Waals surface area contributed by atoms with Crippen molar-refractivity contribution >= 4 is 23.6 Å². The van der Waals surface area contributed by atoms with Gasteiger partial charge in [-0.3, -0.25) is 5.43 Å². The van der Waals surface area contributed by atoms with Gasteiger partial charge in [0, 0.05) is 18.8 Å². The smallest absolute Gasteiger partial charge is 0.335 e. The molecule has 0 aromatic heterocycles. The molecular formula is C19H21N3O2. The lowest BCUT2D eigenvalue weighted by atomic mass is 10.1. The van der Waals surface area contributed by atoms with Gasteiger partial charge in [-0.2, -0.15) is 5.10 Å². The maximum absolute atomic E-state index is 10.8. The largest absolute Gasteiger partial charge is 0.478 e. The van der Waals surface area contributed by atoms with E-state index in [1.807, 2.05) is 0 Å². The number of nitrogens with one attached hydrogen (secondary N) is 1. The van der Waals surface area contributed by atoms with E-state index in [-0.39, 0.29) is 5.56 Å². The number of hydrogen-bond acceptors (Lipinski definition) is 4. The molecule has 0 atom stereocenters. The zero-order valence-corrected chi connectivity index (χ0v) is 13.5. The Morgan fingerprint density at radius 2 is 1.67 bits per heavy atom. The van der Waals surface area contributed by atoms with Crippen molar-refractivity contribution in [1.29, 1.82) is 0 Å². The van der Waals surface area contributed by atoms with Crippen LogP contribution in [0.3, 0.4) is 0 Å². The van der Waals surface area contributed by atoms with Crippen LogP contribution < -0.4 is 10.3 Å². The van der Waals surface area contributed by atoms with Crippen LogP contribution in [0.25, 0.3) is 0 Å². The summed E-state index contributed by atoms with van der Waals surface area (Å²) < 4.78 is 0. The topological polar surface area (TPSA) is 64.9 Å². The first kappa shape index (κ1) is 16.1. The molecule has 0 aliphatic carbocycles. The van der Waals surface area contributed by atoms with Crippen LogP contribution in [0.15, 0.2) is 53.6 Å². The molecule has 1 aliphatic rings. The van der Waals surface area contributed by atoms with Crippen LogP contribution >= 0.6 is 0 Å². The van der Waals surface area contributed by atoms with Gasteiger partial charge in [0.1, 0.15) is 0 Å². The number of nitrogens with zero attached hydrogens (tertiary/aromatic N) is 2. The monoisotopic (exact) mass is 323 g/mol. The van der Waals surface area contributed by atoms with Crippen molar-refractivity contribution in [2.75, 3.05) is 23.4 Å². The lowest BCUT2D eigenvalue weighted by Crippen LogP contribution is -2.29. The molecule has 2 N–H and O–H groups in total. The minimum absolute atomic E-state index is 0.262. The highest BCUT2D eigenvalue weighted by Gasteiger charge is 2.10. The minimum atomic E-state index is -0.932. The molecule has 1 aliphatic heterocycles. The second-order valence-corrected chi connectivity index (χ2v) is 5.89. The van der Waals surface area contributed by atoms with Crippen LogP contribution in [0.2, 0.25) is 0 Å². The molecule has 0 unspecified atom stereocenters. The zero-order chi connectivity index (χ0) is 16.8. The van der Waals surface area contributed by atoms with Gasteiger partial charge >= 0.3 is 5.97 Å². The number of carboxylic acids is 1. The molecule has 3 rings (SSSR count). The Balaban J connectivity index is 1.57. The van der Waals surface area contributed by atoms with Crippen molar-refractivity contribution in [3.8, 4) is 0 Å². The van der Waals surface area contributed by atoms with Crippen LogP contribution in [-0.2, 0) is 0 Å². The van der Waals surface area contributed by atoms with E-state index in [9.17, 15) is 4.79 Å². The average molecular weight is 323 g/mol. The van der Waals surface area contributed by atoms with E-state index < -0.39 is 5.97 Å². The van der Waals surface area contributed by atoms with Gasteiger partial charge in [0.25, 0.3) is 0 Å². The Labute approximate surface area is 141 Å². The number of hydrogen-bond donors (Lipinski definition) is 2. The quantitative estimate of drug-likeness (QED) is 0.648. The highest BCUT2D eigenvalue weighted by Crippen LogP contribution is 2.19. The molecule has 0 bridgehead atoms. The standard InChI is InChI=1S/C19H21N3O2/c23-19(24)16-6-8-17(9-7-16)21-20-14-15-4-10-18(11-5-15)22-12-2-1-3-13-22/h4-11,14,21H,1-3,12-13H2,(H,23,24). The van der Waals surface area contributed by atoms with Crippen molar-refractivity contribution in [3.05, 3.63) is 59.7 Å². The molecule has 5 nitrogen and oxygen atoms in total. The van der Waals surface area contributed by atoms with Gasteiger partial charge in [-0.25, -0.2) is 4.79 Å². The second-order valence-electron chi connectivity index (χ2n) is 5.89. The highest BCUT2D eigenvalue weighted by molar-refractivity contribution is 5.88. The van der Waals surface area contributed by atoms with Gasteiger partial charge in [-0.05, 0) is 61.2 Å². The fraction of sp³-hybridized carbons (Fsp3) is 0.263. The molecule has 1 fully saturated rings. The van der Waals surface area contributed by atoms with Crippen LogP contribution in [0.5, 0.6) is 0 Å². The molecule has 0 spiro atoms. The normalized spacial score (nSPS) is 14.8. The fourth-order valence-electron chi connectivity index (χ4n) is 2.79. The molecule has 1 heterocycles. The Kier molecular flexibility index (Phi) is 5.11. The summed E-state index contributed by atoms with van der Waals surface area (Å²) >= 11 is 0. The summed E-state index contributed by atoms with van der Waals surface area (Å²) in [6.07, 6.45) is 5.63. The summed E-state index contributed by atoms with van der Waals surface area (Å²) in [5.41, 5.74) is 6.20. The summed E-state index contributed by atoms with van der Waals surface area (Å²) in [5, 5.41) is 13.1. The number of anilines is 2. The zero-order valence-electron chi connectivity index (χ0n) is 13.5. The predicted octanol–water partition coefficient (Wildman–Crippen LogP) is 3.82. The molecular weight excluding hydrogens is 302 g/mol. The van der Waals surface area contributed by atoms with Crippen molar-refractivity contribution in [3.63, 3.8) is 0 Å². The number of carboxylic acid groups (broad SMARTS) is 1. The second kappa shape index (κ2) is 7.64. The minimum Gasteiger partial charge on any atom is -0.478 e. The number of rotatable bonds is 5. The van der Waals surface area contributed by atoms with Crippen molar-refractivity contribution in [2.45, 2.75) is 19.3 Å². The van der Waals surface area contributed by atoms with Gasteiger partial charge in [0.15, 0.2) is 0 Å². The Morgan fingerprint density at radius 1 is 1.00 bits per heavy atom. The summed E-state index contributed by atoms with van der Waals surface area (Å²) in [6.45, 7) is 2.28. The number of benzene rings is 2. The molecule has 0 radical (unpaired) electrons. The van der Waals surface area contributed by atoms with Crippen LogP contribution in [0.4, 0.5) is 11.4 Å². The van der Waals surface area contributed by atoms with Crippen molar-refractivity contribution in [1.82, 2.24) is 0 Å².